The van der Waals surface area contributed by atoms with Crippen LogP contribution in [0.25, 0.3) is 28.2 Å². The maximum absolute atomic E-state index is 4.99. The summed E-state index contributed by atoms with van der Waals surface area (Å²) in [4.78, 5) is 4.99. The molecule has 5 aromatic rings. The molecule has 0 N–H and O–H groups in total. The van der Waals surface area contributed by atoms with Crippen LogP contribution in [0.3, 0.4) is 0 Å². The molecule has 134 valence electrons. The Balaban J connectivity index is 1.72. The fourth-order valence-electron chi connectivity index (χ4n) is 3.52. The van der Waals surface area contributed by atoms with Crippen LogP contribution in [0.2, 0.25) is 0 Å². The molecule has 3 nitrogen and oxygen atoms in total. The molecule has 0 atom stereocenters. The van der Waals surface area contributed by atoms with Gasteiger partial charge in [-0.2, -0.15) is 5.10 Å². The molecular formula is C25H19N3. The van der Waals surface area contributed by atoms with Crippen LogP contribution >= 0.6 is 0 Å². The van der Waals surface area contributed by atoms with Gasteiger partial charge in [0.15, 0.2) is 5.65 Å². The third kappa shape index (κ3) is 3.08. The Morgan fingerprint density at radius 1 is 0.679 bits per heavy atom. The van der Waals surface area contributed by atoms with Gasteiger partial charge >= 0.3 is 0 Å². The molecule has 3 heteroatoms. The Kier molecular flexibility index (Phi) is 4.19. The van der Waals surface area contributed by atoms with Gasteiger partial charge in [0.05, 0.1) is 17.6 Å². The lowest BCUT2D eigenvalue weighted by atomic mass is 10.1. The van der Waals surface area contributed by atoms with E-state index in [9.17, 15) is 0 Å². The molecule has 0 fully saturated rings. The number of hydrogen-bond acceptors (Lipinski definition) is 2. The second-order valence-electron chi connectivity index (χ2n) is 6.83. The molecule has 0 radical (unpaired) electrons. The van der Waals surface area contributed by atoms with E-state index in [2.05, 4.69) is 71.8 Å². The Morgan fingerprint density at radius 2 is 1.29 bits per heavy atom. The molecule has 0 amide bonds. The molecule has 0 saturated heterocycles. The molecule has 5 rings (SSSR count). The van der Waals surface area contributed by atoms with Crippen molar-refractivity contribution in [3.8, 4) is 22.5 Å². The number of rotatable bonds is 4. The van der Waals surface area contributed by atoms with E-state index in [1.54, 1.807) is 0 Å². The van der Waals surface area contributed by atoms with Gasteiger partial charge in [0.1, 0.15) is 0 Å². The van der Waals surface area contributed by atoms with Crippen LogP contribution in [0.5, 0.6) is 0 Å². The van der Waals surface area contributed by atoms with E-state index in [1.807, 2.05) is 41.0 Å². The average molecular weight is 361 g/mol. The van der Waals surface area contributed by atoms with E-state index in [4.69, 9.17) is 4.98 Å². The zero-order valence-corrected chi connectivity index (χ0v) is 15.4. The Hall–Kier alpha value is -3.72. The monoisotopic (exact) mass is 361 g/mol. The Morgan fingerprint density at radius 3 is 1.96 bits per heavy atom. The van der Waals surface area contributed by atoms with Gasteiger partial charge in [-0.1, -0.05) is 91.0 Å². The van der Waals surface area contributed by atoms with Gasteiger partial charge in [-0.05, 0) is 11.6 Å². The maximum Gasteiger partial charge on any atom is 0.159 e. The van der Waals surface area contributed by atoms with Crippen LogP contribution in [0.15, 0.2) is 103 Å². The van der Waals surface area contributed by atoms with Gasteiger partial charge in [0, 0.05) is 23.1 Å². The van der Waals surface area contributed by atoms with Crippen LogP contribution < -0.4 is 0 Å². The van der Waals surface area contributed by atoms with Crippen molar-refractivity contribution in [3.63, 3.8) is 0 Å². The molecule has 28 heavy (non-hydrogen) atoms. The maximum atomic E-state index is 4.99. The molecular weight excluding hydrogens is 342 g/mol. The van der Waals surface area contributed by atoms with Crippen LogP contribution in [0.4, 0.5) is 0 Å². The molecule has 2 aromatic heterocycles. The number of hydrogen-bond donors (Lipinski definition) is 0. The fraction of sp³-hybridized carbons (Fsp3) is 0.0400. The Bertz CT molecular complexity index is 1210. The molecule has 0 spiro atoms. The highest BCUT2D eigenvalue weighted by atomic mass is 15.3. The van der Waals surface area contributed by atoms with Gasteiger partial charge < -0.3 is 0 Å². The van der Waals surface area contributed by atoms with E-state index in [0.717, 1.165) is 40.1 Å². The van der Waals surface area contributed by atoms with Gasteiger partial charge in [0.25, 0.3) is 0 Å². The van der Waals surface area contributed by atoms with Crippen LogP contribution in [0.1, 0.15) is 11.1 Å². The Labute approximate surface area is 163 Å². The standard InChI is InChI=1S/C25H19N3/c1-4-10-19(11-5-1)16-22-18-26-28-24(21-14-8-3-9-15-21)17-23(27-25(22)28)20-12-6-2-7-13-20/h1-15,17-18H,16H2. The molecule has 3 aromatic carbocycles. The predicted octanol–water partition coefficient (Wildman–Crippen LogP) is 5.65. The van der Waals surface area contributed by atoms with Gasteiger partial charge in [-0.25, -0.2) is 9.50 Å². The summed E-state index contributed by atoms with van der Waals surface area (Å²) >= 11 is 0. The lowest BCUT2D eigenvalue weighted by Gasteiger charge is -2.09. The van der Waals surface area contributed by atoms with Crippen LogP contribution in [-0.4, -0.2) is 14.6 Å². The zero-order valence-electron chi connectivity index (χ0n) is 15.4. The van der Waals surface area contributed by atoms with E-state index < -0.39 is 0 Å². The van der Waals surface area contributed by atoms with Crippen molar-refractivity contribution >= 4 is 5.65 Å². The van der Waals surface area contributed by atoms with E-state index in [-0.39, 0.29) is 0 Å². The van der Waals surface area contributed by atoms with Crippen molar-refractivity contribution in [2.75, 3.05) is 0 Å². The van der Waals surface area contributed by atoms with Crippen molar-refractivity contribution in [1.82, 2.24) is 14.6 Å². The van der Waals surface area contributed by atoms with Gasteiger partial charge in [-0.15, -0.1) is 0 Å². The lowest BCUT2D eigenvalue weighted by Crippen LogP contribution is -1.99. The van der Waals surface area contributed by atoms with Crippen molar-refractivity contribution < 1.29 is 0 Å². The number of nitrogens with zero attached hydrogens (tertiary/aromatic N) is 3. The molecule has 2 heterocycles. The fourth-order valence-corrected chi connectivity index (χ4v) is 3.52. The predicted molar refractivity (Wildman–Crippen MR) is 113 cm³/mol. The molecule has 0 aliphatic rings. The first-order valence-corrected chi connectivity index (χ1v) is 9.41. The summed E-state index contributed by atoms with van der Waals surface area (Å²) in [5, 5.41) is 4.68. The lowest BCUT2D eigenvalue weighted by molar-refractivity contribution is 0.949. The summed E-state index contributed by atoms with van der Waals surface area (Å²) in [5.41, 5.74) is 7.52. The smallest absolute Gasteiger partial charge is 0.159 e. The zero-order chi connectivity index (χ0) is 18.8. The van der Waals surface area contributed by atoms with Gasteiger partial charge in [-0.3, -0.25) is 0 Å². The van der Waals surface area contributed by atoms with Crippen molar-refractivity contribution in [2.45, 2.75) is 6.42 Å². The van der Waals surface area contributed by atoms with E-state index in [0.29, 0.717) is 0 Å². The first-order valence-electron chi connectivity index (χ1n) is 9.41. The molecule has 0 bridgehead atoms. The SMILES string of the molecule is c1ccc(Cc2cnn3c(-c4ccccc4)cc(-c4ccccc4)nc23)cc1. The van der Waals surface area contributed by atoms with Crippen LogP contribution in [0, 0.1) is 0 Å². The minimum absolute atomic E-state index is 0.809. The van der Waals surface area contributed by atoms with Crippen molar-refractivity contribution in [3.05, 3.63) is 114 Å². The highest BCUT2D eigenvalue weighted by molar-refractivity contribution is 5.72. The quantitative estimate of drug-likeness (QED) is 0.414. The first-order chi connectivity index (χ1) is 13.9. The highest BCUT2D eigenvalue weighted by Crippen LogP contribution is 2.28. The number of aromatic nitrogens is 3. The third-order valence-corrected chi connectivity index (χ3v) is 4.92. The number of fused-ring (bicyclic) bond motifs is 1. The van der Waals surface area contributed by atoms with E-state index >= 15 is 0 Å². The third-order valence-electron chi connectivity index (χ3n) is 4.92. The largest absolute Gasteiger partial charge is 0.228 e. The van der Waals surface area contributed by atoms with Crippen molar-refractivity contribution in [2.24, 2.45) is 0 Å². The number of benzene rings is 3. The van der Waals surface area contributed by atoms with Gasteiger partial charge in [0.2, 0.25) is 0 Å². The minimum Gasteiger partial charge on any atom is -0.228 e. The molecule has 0 aliphatic heterocycles. The van der Waals surface area contributed by atoms with E-state index in [1.165, 1.54) is 5.56 Å². The summed E-state index contributed by atoms with van der Waals surface area (Å²) in [6, 6.07) is 33.3. The summed E-state index contributed by atoms with van der Waals surface area (Å²) in [6.07, 6.45) is 2.75. The van der Waals surface area contributed by atoms with Crippen LogP contribution in [-0.2, 0) is 6.42 Å². The molecule has 0 unspecified atom stereocenters. The molecule has 0 saturated carbocycles. The summed E-state index contributed by atoms with van der Waals surface area (Å²) in [7, 11) is 0. The normalized spacial score (nSPS) is 11.0. The molecule has 0 aliphatic carbocycles. The summed E-state index contributed by atoms with van der Waals surface area (Å²) < 4.78 is 1.96. The highest BCUT2D eigenvalue weighted by Gasteiger charge is 2.14. The second-order valence-corrected chi connectivity index (χ2v) is 6.83. The minimum atomic E-state index is 0.809. The summed E-state index contributed by atoms with van der Waals surface area (Å²) in [5.74, 6) is 0. The average Bonchev–Trinajstić information content (AvgIpc) is 3.18. The second kappa shape index (κ2) is 7.12. The first kappa shape index (κ1) is 16.5. The van der Waals surface area contributed by atoms with Crippen molar-refractivity contribution in [1.29, 1.82) is 0 Å². The summed E-state index contributed by atoms with van der Waals surface area (Å²) in [6.45, 7) is 0. The topological polar surface area (TPSA) is 30.2 Å².